The second kappa shape index (κ2) is 8.25. The molecule has 0 saturated carbocycles. The predicted octanol–water partition coefficient (Wildman–Crippen LogP) is 2.22. The normalized spacial score (nSPS) is 9.25. The van der Waals surface area contributed by atoms with Crippen molar-refractivity contribution in [3.8, 4) is 34.8 Å². The zero-order chi connectivity index (χ0) is 17.4. The van der Waals surface area contributed by atoms with Crippen LogP contribution < -0.4 is 18.9 Å². The lowest BCUT2D eigenvalue weighted by Gasteiger charge is -2.02. The minimum absolute atomic E-state index is 0.290. The lowest BCUT2D eigenvalue weighted by molar-refractivity contribution is -0.130. The molecule has 0 radical (unpaired) electrons. The van der Waals surface area contributed by atoms with E-state index in [2.05, 4.69) is 11.8 Å². The Balaban J connectivity index is 1.89. The van der Waals surface area contributed by atoms with Gasteiger partial charge in [0.1, 0.15) is 23.0 Å². The number of hydrogen-bond acceptors (Lipinski definition) is 6. The molecule has 0 amide bonds. The smallest absolute Gasteiger partial charge is 0.390 e. The molecule has 0 N–H and O–H groups in total. The Kier molecular flexibility index (Phi) is 5.81. The van der Waals surface area contributed by atoms with Gasteiger partial charge in [0.25, 0.3) is 0 Å². The predicted molar refractivity (Wildman–Crippen MR) is 85.0 cm³/mol. The van der Waals surface area contributed by atoms with Crippen molar-refractivity contribution in [2.24, 2.45) is 0 Å². The Morgan fingerprint density at radius 1 is 0.625 bits per heavy atom. The first-order valence-corrected chi connectivity index (χ1v) is 6.84. The topological polar surface area (TPSA) is 71.1 Å². The van der Waals surface area contributed by atoms with Crippen LogP contribution >= 0.6 is 0 Å². The van der Waals surface area contributed by atoms with Crippen molar-refractivity contribution in [3.63, 3.8) is 0 Å². The molecule has 0 saturated heterocycles. The molecule has 122 valence electrons. The summed E-state index contributed by atoms with van der Waals surface area (Å²) in [5.41, 5.74) is 0. The van der Waals surface area contributed by atoms with Crippen LogP contribution in [0.15, 0.2) is 48.5 Å². The van der Waals surface area contributed by atoms with Crippen LogP contribution in [0, 0.1) is 11.8 Å². The van der Waals surface area contributed by atoms with Crippen molar-refractivity contribution in [2.45, 2.75) is 0 Å². The highest BCUT2D eigenvalue weighted by Crippen LogP contribution is 2.17. The van der Waals surface area contributed by atoms with E-state index in [4.69, 9.17) is 18.9 Å². The quantitative estimate of drug-likeness (QED) is 0.371. The molecule has 0 heterocycles. The van der Waals surface area contributed by atoms with Crippen molar-refractivity contribution in [1.82, 2.24) is 0 Å². The van der Waals surface area contributed by atoms with Gasteiger partial charge in [0.2, 0.25) is 0 Å². The van der Waals surface area contributed by atoms with Crippen molar-refractivity contribution < 1.29 is 28.5 Å². The molecule has 2 aromatic rings. The molecule has 24 heavy (non-hydrogen) atoms. The molecule has 0 aromatic heterocycles. The second-order valence-corrected chi connectivity index (χ2v) is 4.38. The molecule has 0 fully saturated rings. The Morgan fingerprint density at radius 3 is 1.21 bits per heavy atom. The van der Waals surface area contributed by atoms with Gasteiger partial charge in [-0.1, -0.05) is 0 Å². The van der Waals surface area contributed by atoms with Crippen LogP contribution in [0.1, 0.15) is 0 Å². The number of hydrogen-bond donors (Lipinski definition) is 0. The fourth-order valence-electron chi connectivity index (χ4n) is 1.65. The van der Waals surface area contributed by atoms with Gasteiger partial charge in [0, 0.05) is 11.8 Å². The number of carbonyl (C=O) groups excluding carboxylic acids is 2. The summed E-state index contributed by atoms with van der Waals surface area (Å²) in [5.74, 6) is 4.22. The van der Waals surface area contributed by atoms with E-state index in [0.717, 1.165) is 0 Å². The third kappa shape index (κ3) is 5.07. The summed E-state index contributed by atoms with van der Waals surface area (Å²) in [7, 11) is 3.06. The van der Waals surface area contributed by atoms with E-state index in [1.165, 1.54) is 14.2 Å². The molecule has 2 rings (SSSR count). The van der Waals surface area contributed by atoms with Crippen molar-refractivity contribution in [3.05, 3.63) is 48.5 Å². The third-order valence-electron chi connectivity index (χ3n) is 2.81. The molecular formula is C18H14O6. The Labute approximate surface area is 138 Å². The summed E-state index contributed by atoms with van der Waals surface area (Å²) >= 11 is 0. The molecule has 0 spiro atoms. The summed E-state index contributed by atoms with van der Waals surface area (Å²) < 4.78 is 19.9. The van der Waals surface area contributed by atoms with Gasteiger partial charge in [-0.25, -0.2) is 9.59 Å². The molecular weight excluding hydrogens is 312 g/mol. The van der Waals surface area contributed by atoms with Crippen LogP contribution in [0.3, 0.4) is 0 Å². The average Bonchev–Trinajstić information content (AvgIpc) is 2.61. The summed E-state index contributed by atoms with van der Waals surface area (Å²) in [6, 6.07) is 12.7. The first-order chi connectivity index (χ1) is 11.6. The van der Waals surface area contributed by atoms with E-state index in [1.807, 2.05) is 0 Å². The number of ether oxygens (including phenoxy) is 4. The SMILES string of the molecule is COc1ccc(OC(=O)C#CC(=O)Oc2ccc(OC)cc2)cc1. The van der Waals surface area contributed by atoms with E-state index >= 15 is 0 Å². The van der Waals surface area contributed by atoms with E-state index < -0.39 is 11.9 Å². The zero-order valence-corrected chi connectivity index (χ0v) is 13.1. The zero-order valence-electron chi connectivity index (χ0n) is 13.1. The number of carbonyl (C=O) groups is 2. The number of benzene rings is 2. The molecule has 0 aliphatic carbocycles. The van der Waals surface area contributed by atoms with E-state index in [0.29, 0.717) is 23.0 Å². The maximum atomic E-state index is 11.6. The van der Waals surface area contributed by atoms with Gasteiger partial charge in [-0.3, -0.25) is 0 Å². The molecule has 0 unspecified atom stereocenters. The summed E-state index contributed by atoms with van der Waals surface area (Å²) in [6.07, 6.45) is 0. The van der Waals surface area contributed by atoms with Crippen LogP contribution in [0.4, 0.5) is 0 Å². The molecule has 0 bridgehead atoms. The minimum Gasteiger partial charge on any atom is -0.497 e. The first kappa shape index (κ1) is 16.9. The molecule has 0 aliphatic heterocycles. The third-order valence-corrected chi connectivity index (χ3v) is 2.81. The maximum absolute atomic E-state index is 11.6. The summed E-state index contributed by atoms with van der Waals surface area (Å²) in [6.45, 7) is 0. The van der Waals surface area contributed by atoms with Gasteiger partial charge in [-0.15, -0.1) is 0 Å². The Hall–Kier alpha value is -3.46. The lowest BCUT2D eigenvalue weighted by atomic mass is 10.3. The Bertz CT molecular complexity index is 700. The van der Waals surface area contributed by atoms with Crippen LogP contribution in [-0.2, 0) is 9.59 Å². The highest BCUT2D eigenvalue weighted by Gasteiger charge is 2.04. The molecule has 6 heteroatoms. The highest BCUT2D eigenvalue weighted by atomic mass is 16.5. The molecule has 6 nitrogen and oxygen atoms in total. The standard InChI is InChI=1S/C18H14O6/c1-21-13-3-7-15(8-4-13)23-17(19)11-12-18(20)24-16-9-5-14(22-2)6-10-16/h3-10H,1-2H3. The maximum Gasteiger partial charge on any atom is 0.390 e. The van der Waals surface area contributed by atoms with Crippen LogP contribution in [0.5, 0.6) is 23.0 Å². The average molecular weight is 326 g/mol. The van der Waals surface area contributed by atoms with Gasteiger partial charge in [0.05, 0.1) is 14.2 Å². The fourth-order valence-corrected chi connectivity index (χ4v) is 1.65. The van der Waals surface area contributed by atoms with Gasteiger partial charge < -0.3 is 18.9 Å². The van der Waals surface area contributed by atoms with Gasteiger partial charge >= 0.3 is 11.9 Å². The lowest BCUT2D eigenvalue weighted by Crippen LogP contribution is -2.08. The number of rotatable bonds is 4. The van der Waals surface area contributed by atoms with Crippen molar-refractivity contribution in [1.29, 1.82) is 0 Å². The molecule has 0 aliphatic rings. The van der Waals surface area contributed by atoms with E-state index in [-0.39, 0.29) is 0 Å². The second-order valence-electron chi connectivity index (χ2n) is 4.38. The van der Waals surface area contributed by atoms with Gasteiger partial charge in [-0.2, -0.15) is 0 Å². The minimum atomic E-state index is -0.869. The largest absolute Gasteiger partial charge is 0.497 e. The summed E-state index contributed by atoms with van der Waals surface area (Å²) in [5, 5.41) is 0. The highest BCUT2D eigenvalue weighted by molar-refractivity contribution is 5.99. The monoisotopic (exact) mass is 326 g/mol. The van der Waals surface area contributed by atoms with E-state index in [1.54, 1.807) is 48.5 Å². The van der Waals surface area contributed by atoms with Gasteiger partial charge in [0.15, 0.2) is 0 Å². The van der Waals surface area contributed by atoms with Crippen LogP contribution in [0.25, 0.3) is 0 Å². The van der Waals surface area contributed by atoms with Crippen LogP contribution in [0.2, 0.25) is 0 Å². The fraction of sp³-hybridized carbons (Fsp3) is 0.111. The first-order valence-electron chi connectivity index (χ1n) is 6.84. The van der Waals surface area contributed by atoms with Crippen molar-refractivity contribution in [2.75, 3.05) is 14.2 Å². The number of esters is 2. The summed E-state index contributed by atoms with van der Waals surface area (Å²) in [4.78, 5) is 23.1. The van der Waals surface area contributed by atoms with Gasteiger partial charge in [-0.05, 0) is 48.5 Å². The number of methoxy groups -OCH3 is 2. The van der Waals surface area contributed by atoms with Crippen molar-refractivity contribution >= 4 is 11.9 Å². The molecule has 2 aromatic carbocycles. The van der Waals surface area contributed by atoms with E-state index in [9.17, 15) is 9.59 Å². The Morgan fingerprint density at radius 2 is 0.917 bits per heavy atom. The molecule has 0 atom stereocenters. The van der Waals surface area contributed by atoms with Crippen LogP contribution in [-0.4, -0.2) is 26.2 Å².